The van der Waals surface area contributed by atoms with E-state index in [1.165, 1.54) is 0 Å². The molecule has 3 rings (SSSR count). The van der Waals surface area contributed by atoms with Gasteiger partial charge in [0.2, 0.25) is 0 Å². The van der Waals surface area contributed by atoms with Crippen molar-refractivity contribution in [2.75, 3.05) is 26.2 Å². The zero-order chi connectivity index (χ0) is 21.1. The average molecular weight is 414 g/mol. The highest BCUT2D eigenvalue weighted by atomic mass is 35.5. The maximum absolute atomic E-state index is 13.3. The molecule has 1 aliphatic rings. The molecule has 1 aromatic carbocycles. The second-order valence-electron chi connectivity index (χ2n) is 8.14. The van der Waals surface area contributed by atoms with Gasteiger partial charge in [0.1, 0.15) is 6.04 Å². The maximum Gasteiger partial charge on any atom is 0.257 e. The molecule has 6 nitrogen and oxygen atoms in total. The van der Waals surface area contributed by atoms with Crippen LogP contribution in [0.2, 0.25) is 5.02 Å². The zero-order valence-electron chi connectivity index (χ0n) is 17.5. The van der Waals surface area contributed by atoms with E-state index < -0.39 is 0 Å². The maximum atomic E-state index is 13.3. The van der Waals surface area contributed by atoms with E-state index in [9.17, 15) is 10.1 Å². The number of aromatic nitrogens is 2. The molecule has 1 fully saturated rings. The molecule has 1 amide bonds. The second kappa shape index (κ2) is 8.98. The first kappa shape index (κ1) is 21.4. The van der Waals surface area contributed by atoms with Crippen molar-refractivity contribution in [1.82, 2.24) is 19.6 Å². The molecule has 0 aliphatic carbocycles. The van der Waals surface area contributed by atoms with Crippen LogP contribution < -0.4 is 0 Å². The Kier molecular flexibility index (Phi) is 6.61. The van der Waals surface area contributed by atoms with Crippen molar-refractivity contribution in [1.29, 1.82) is 5.26 Å². The van der Waals surface area contributed by atoms with Gasteiger partial charge in [0.05, 0.1) is 29.2 Å². The van der Waals surface area contributed by atoms with Crippen LogP contribution in [0, 0.1) is 17.2 Å². The SMILES string of the molecule is CC(C)c1c(C(=O)N2CCN(C(C#N)C(C)C)CC2)cnn1-c1cccc(Cl)c1. The zero-order valence-corrected chi connectivity index (χ0v) is 18.2. The van der Waals surface area contributed by atoms with Gasteiger partial charge < -0.3 is 4.90 Å². The van der Waals surface area contributed by atoms with E-state index in [0.717, 1.165) is 11.4 Å². The van der Waals surface area contributed by atoms with Crippen LogP contribution in [0.3, 0.4) is 0 Å². The van der Waals surface area contributed by atoms with Gasteiger partial charge in [-0.3, -0.25) is 9.69 Å². The first-order valence-corrected chi connectivity index (χ1v) is 10.5. The Labute approximate surface area is 177 Å². The minimum absolute atomic E-state index is 0.000294. The highest BCUT2D eigenvalue weighted by molar-refractivity contribution is 6.30. The smallest absolute Gasteiger partial charge is 0.257 e. The fourth-order valence-electron chi connectivity index (χ4n) is 3.92. The number of carbonyl (C=O) groups is 1. The predicted octanol–water partition coefficient (Wildman–Crippen LogP) is 3.96. The summed E-state index contributed by atoms with van der Waals surface area (Å²) in [5.74, 6) is 0.394. The molecule has 154 valence electrons. The van der Waals surface area contributed by atoms with E-state index in [1.54, 1.807) is 6.20 Å². The lowest BCUT2D eigenvalue weighted by atomic mass is 10.0. The molecular formula is C22H28ClN5O. The Morgan fingerprint density at radius 2 is 1.86 bits per heavy atom. The van der Waals surface area contributed by atoms with Crippen LogP contribution in [-0.2, 0) is 0 Å². The van der Waals surface area contributed by atoms with E-state index in [0.29, 0.717) is 36.8 Å². The third-order valence-electron chi connectivity index (χ3n) is 5.40. The molecule has 2 aromatic rings. The van der Waals surface area contributed by atoms with Gasteiger partial charge in [0.25, 0.3) is 5.91 Å². The van der Waals surface area contributed by atoms with Crippen LogP contribution in [-0.4, -0.2) is 57.7 Å². The summed E-state index contributed by atoms with van der Waals surface area (Å²) in [5, 5.41) is 14.6. The van der Waals surface area contributed by atoms with Gasteiger partial charge in [-0.05, 0) is 30.0 Å². The molecule has 1 unspecified atom stereocenters. The summed E-state index contributed by atoms with van der Waals surface area (Å²) in [5.41, 5.74) is 2.37. The lowest BCUT2D eigenvalue weighted by Crippen LogP contribution is -2.52. The highest BCUT2D eigenvalue weighted by Gasteiger charge is 2.30. The average Bonchev–Trinajstić information content (AvgIpc) is 3.14. The van der Waals surface area contributed by atoms with Crippen molar-refractivity contribution in [2.45, 2.75) is 39.7 Å². The van der Waals surface area contributed by atoms with Gasteiger partial charge in [0, 0.05) is 31.2 Å². The lowest BCUT2D eigenvalue weighted by molar-refractivity contribution is 0.0575. The Morgan fingerprint density at radius 1 is 1.17 bits per heavy atom. The van der Waals surface area contributed by atoms with Crippen molar-refractivity contribution in [3.63, 3.8) is 0 Å². The van der Waals surface area contributed by atoms with Gasteiger partial charge in [-0.2, -0.15) is 10.4 Å². The van der Waals surface area contributed by atoms with Crippen LogP contribution in [0.4, 0.5) is 0 Å². The topological polar surface area (TPSA) is 65.2 Å². The minimum Gasteiger partial charge on any atom is -0.336 e. The van der Waals surface area contributed by atoms with E-state index >= 15 is 0 Å². The molecule has 0 radical (unpaired) electrons. The standard InChI is InChI=1S/C22H28ClN5O/c1-15(2)20(13-24)26-8-10-27(11-9-26)22(29)19-14-25-28(21(19)16(3)4)18-7-5-6-17(23)12-18/h5-7,12,14-16,20H,8-11H2,1-4H3. The Hall–Kier alpha value is -2.36. The number of nitrogens with zero attached hydrogens (tertiary/aromatic N) is 5. The summed E-state index contributed by atoms with van der Waals surface area (Å²) in [7, 11) is 0. The van der Waals surface area contributed by atoms with Crippen LogP contribution >= 0.6 is 11.6 Å². The lowest BCUT2D eigenvalue weighted by Gasteiger charge is -2.38. The van der Waals surface area contributed by atoms with Gasteiger partial charge in [-0.15, -0.1) is 0 Å². The van der Waals surface area contributed by atoms with Crippen molar-refractivity contribution in [3.8, 4) is 11.8 Å². The van der Waals surface area contributed by atoms with Crippen molar-refractivity contribution >= 4 is 17.5 Å². The molecule has 1 aromatic heterocycles. The second-order valence-corrected chi connectivity index (χ2v) is 8.57. The molecule has 0 spiro atoms. The Bertz CT molecular complexity index is 906. The normalized spacial score (nSPS) is 16.3. The van der Waals surface area contributed by atoms with Crippen LogP contribution in [0.1, 0.15) is 49.7 Å². The van der Waals surface area contributed by atoms with Gasteiger partial charge in [-0.1, -0.05) is 45.4 Å². The molecule has 29 heavy (non-hydrogen) atoms. The molecule has 0 bridgehead atoms. The van der Waals surface area contributed by atoms with Crippen LogP contribution in [0.5, 0.6) is 0 Å². The van der Waals surface area contributed by atoms with E-state index in [4.69, 9.17) is 11.6 Å². The van der Waals surface area contributed by atoms with Crippen LogP contribution in [0.15, 0.2) is 30.5 Å². The third kappa shape index (κ3) is 4.47. The quantitative estimate of drug-likeness (QED) is 0.744. The third-order valence-corrected chi connectivity index (χ3v) is 5.63. The largest absolute Gasteiger partial charge is 0.336 e. The summed E-state index contributed by atoms with van der Waals surface area (Å²) in [6, 6.07) is 9.77. The van der Waals surface area contributed by atoms with Gasteiger partial charge >= 0.3 is 0 Å². The van der Waals surface area contributed by atoms with Crippen molar-refractivity contribution in [2.24, 2.45) is 5.92 Å². The van der Waals surface area contributed by atoms with E-state index in [-0.39, 0.29) is 23.8 Å². The van der Waals surface area contributed by atoms with Crippen molar-refractivity contribution in [3.05, 3.63) is 46.7 Å². The predicted molar refractivity (Wildman–Crippen MR) is 114 cm³/mol. The first-order valence-electron chi connectivity index (χ1n) is 10.1. The number of benzene rings is 1. The van der Waals surface area contributed by atoms with Gasteiger partial charge in [-0.25, -0.2) is 4.68 Å². The molecule has 1 aliphatic heterocycles. The summed E-state index contributed by atoms with van der Waals surface area (Å²) in [6.07, 6.45) is 1.66. The molecule has 7 heteroatoms. The summed E-state index contributed by atoms with van der Waals surface area (Å²) >= 11 is 6.15. The number of amides is 1. The van der Waals surface area contributed by atoms with E-state index in [1.807, 2.05) is 33.8 Å². The van der Waals surface area contributed by atoms with Crippen molar-refractivity contribution < 1.29 is 4.79 Å². The number of carbonyl (C=O) groups excluding carboxylic acids is 1. The van der Waals surface area contributed by atoms with Gasteiger partial charge in [0.15, 0.2) is 0 Å². The molecule has 2 heterocycles. The molecule has 1 atom stereocenters. The Morgan fingerprint density at radius 3 is 2.41 bits per heavy atom. The van der Waals surface area contributed by atoms with E-state index in [2.05, 4.69) is 43.8 Å². The minimum atomic E-state index is -0.107. The summed E-state index contributed by atoms with van der Waals surface area (Å²) < 4.78 is 1.81. The first-order chi connectivity index (χ1) is 13.8. The van der Waals surface area contributed by atoms with Crippen LogP contribution in [0.25, 0.3) is 5.69 Å². The molecule has 0 saturated carbocycles. The number of rotatable bonds is 5. The summed E-state index contributed by atoms with van der Waals surface area (Å²) in [6.45, 7) is 10.9. The number of halogens is 1. The Balaban J connectivity index is 1.81. The number of hydrogen-bond acceptors (Lipinski definition) is 4. The monoisotopic (exact) mass is 413 g/mol. The fourth-order valence-corrected chi connectivity index (χ4v) is 4.10. The molecule has 0 N–H and O–H groups in total. The number of hydrogen-bond donors (Lipinski definition) is 0. The number of nitriles is 1. The number of piperazine rings is 1. The highest BCUT2D eigenvalue weighted by Crippen LogP contribution is 2.26. The fraction of sp³-hybridized carbons (Fsp3) is 0.500. The molecular weight excluding hydrogens is 386 g/mol. The summed E-state index contributed by atoms with van der Waals surface area (Å²) in [4.78, 5) is 17.3. The molecule has 1 saturated heterocycles.